The lowest BCUT2D eigenvalue weighted by Crippen LogP contribution is -2.41. The molecular formula is C14H24N2O2. The molecule has 0 spiro atoms. The number of aryl methyl sites for hydroxylation is 1. The highest BCUT2D eigenvalue weighted by Gasteiger charge is 2.08. The van der Waals surface area contributed by atoms with Crippen molar-refractivity contribution in [2.75, 3.05) is 6.54 Å². The third-order valence-electron chi connectivity index (χ3n) is 3.03. The number of rotatable bonds is 8. The first kappa shape index (κ1) is 14.8. The Morgan fingerprint density at radius 3 is 2.78 bits per heavy atom. The van der Waals surface area contributed by atoms with Gasteiger partial charge in [0.1, 0.15) is 5.76 Å². The summed E-state index contributed by atoms with van der Waals surface area (Å²) in [6.45, 7) is 6.53. The van der Waals surface area contributed by atoms with Crippen LogP contribution in [0.1, 0.15) is 39.4 Å². The van der Waals surface area contributed by atoms with Gasteiger partial charge in [0, 0.05) is 18.5 Å². The summed E-state index contributed by atoms with van der Waals surface area (Å²) in [6, 6.07) is 4.42. The van der Waals surface area contributed by atoms with Crippen LogP contribution in [0.25, 0.3) is 0 Å². The Labute approximate surface area is 109 Å². The third-order valence-corrected chi connectivity index (χ3v) is 3.03. The van der Waals surface area contributed by atoms with Gasteiger partial charge < -0.3 is 15.1 Å². The molecule has 18 heavy (non-hydrogen) atoms. The van der Waals surface area contributed by atoms with Crippen LogP contribution in [0.3, 0.4) is 0 Å². The highest BCUT2D eigenvalue weighted by Crippen LogP contribution is 2.05. The van der Waals surface area contributed by atoms with Gasteiger partial charge in [-0.2, -0.15) is 0 Å². The van der Waals surface area contributed by atoms with E-state index < -0.39 is 0 Å². The molecule has 2 atom stereocenters. The number of nitrogens with one attached hydrogen (secondary N) is 2. The molecule has 1 heterocycles. The van der Waals surface area contributed by atoms with Gasteiger partial charge in [-0.15, -0.1) is 0 Å². The molecule has 0 aromatic carbocycles. The molecule has 0 aliphatic heterocycles. The number of hydrogen-bond donors (Lipinski definition) is 2. The molecule has 2 N–H and O–H groups in total. The lowest BCUT2D eigenvalue weighted by Gasteiger charge is -2.15. The van der Waals surface area contributed by atoms with Crippen molar-refractivity contribution >= 4 is 5.91 Å². The van der Waals surface area contributed by atoms with Crippen LogP contribution in [0.2, 0.25) is 0 Å². The zero-order valence-corrected chi connectivity index (χ0v) is 11.5. The van der Waals surface area contributed by atoms with Crippen molar-refractivity contribution in [2.45, 2.75) is 52.1 Å². The minimum Gasteiger partial charge on any atom is -0.469 e. The number of hydrogen-bond acceptors (Lipinski definition) is 3. The van der Waals surface area contributed by atoms with E-state index in [-0.39, 0.29) is 11.9 Å². The van der Waals surface area contributed by atoms with Crippen molar-refractivity contribution in [3.63, 3.8) is 0 Å². The Kier molecular flexibility index (Phi) is 6.50. The van der Waals surface area contributed by atoms with Gasteiger partial charge in [-0.3, -0.25) is 4.79 Å². The van der Waals surface area contributed by atoms with Gasteiger partial charge in [-0.25, -0.2) is 0 Å². The molecule has 1 rings (SSSR count). The van der Waals surface area contributed by atoms with Crippen LogP contribution < -0.4 is 10.6 Å². The fourth-order valence-corrected chi connectivity index (χ4v) is 1.61. The highest BCUT2D eigenvalue weighted by atomic mass is 16.3. The number of amides is 1. The lowest BCUT2D eigenvalue weighted by molar-refractivity contribution is -0.121. The predicted octanol–water partition coefficient (Wildman–Crippen LogP) is 2.10. The average Bonchev–Trinajstić information content (AvgIpc) is 2.86. The molecule has 0 fully saturated rings. The summed E-state index contributed by atoms with van der Waals surface area (Å²) in [5.74, 6) is 1.06. The molecule has 1 amide bonds. The molecule has 0 saturated carbocycles. The molecule has 0 aliphatic carbocycles. The van der Waals surface area contributed by atoms with Crippen molar-refractivity contribution in [1.82, 2.24) is 10.6 Å². The summed E-state index contributed by atoms with van der Waals surface area (Å²) in [5, 5.41) is 6.16. The second kappa shape index (κ2) is 7.93. The maximum atomic E-state index is 11.6. The normalized spacial score (nSPS) is 14.2. The summed E-state index contributed by atoms with van der Waals surface area (Å²) in [4.78, 5) is 11.6. The minimum absolute atomic E-state index is 0.0641. The predicted molar refractivity (Wildman–Crippen MR) is 72.4 cm³/mol. The van der Waals surface area contributed by atoms with Crippen LogP contribution in [-0.4, -0.2) is 24.5 Å². The Morgan fingerprint density at radius 2 is 2.17 bits per heavy atom. The second-order valence-electron chi connectivity index (χ2n) is 4.78. The summed E-state index contributed by atoms with van der Waals surface area (Å²) >= 11 is 0. The maximum Gasteiger partial charge on any atom is 0.234 e. The molecule has 4 heteroatoms. The van der Waals surface area contributed by atoms with Crippen molar-refractivity contribution in [1.29, 1.82) is 0 Å². The third kappa shape index (κ3) is 5.87. The van der Waals surface area contributed by atoms with Crippen LogP contribution in [0.4, 0.5) is 0 Å². The molecule has 1 aromatic heterocycles. The van der Waals surface area contributed by atoms with Gasteiger partial charge >= 0.3 is 0 Å². The monoisotopic (exact) mass is 252 g/mol. The van der Waals surface area contributed by atoms with E-state index in [1.807, 2.05) is 19.1 Å². The van der Waals surface area contributed by atoms with Crippen LogP contribution in [0.15, 0.2) is 22.8 Å². The van der Waals surface area contributed by atoms with Crippen molar-refractivity contribution in [3.05, 3.63) is 24.2 Å². The molecule has 0 saturated heterocycles. The highest BCUT2D eigenvalue weighted by molar-refractivity contribution is 5.78. The maximum absolute atomic E-state index is 11.6. The molecule has 102 valence electrons. The van der Waals surface area contributed by atoms with Crippen LogP contribution >= 0.6 is 0 Å². The Bertz CT molecular complexity index is 336. The van der Waals surface area contributed by atoms with Gasteiger partial charge in [-0.1, -0.05) is 6.92 Å². The number of carbonyl (C=O) groups is 1. The van der Waals surface area contributed by atoms with E-state index in [0.29, 0.717) is 12.6 Å². The topological polar surface area (TPSA) is 54.3 Å². The standard InChI is InChI=1S/C14H24N2O2/c1-4-11(2)16-14(17)10-15-12(3)7-8-13-6-5-9-18-13/h5-6,9,11-12,15H,4,7-8,10H2,1-3H3,(H,16,17). The minimum atomic E-state index is 0.0641. The molecule has 0 aliphatic rings. The van der Waals surface area contributed by atoms with E-state index in [1.54, 1.807) is 6.26 Å². The smallest absolute Gasteiger partial charge is 0.234 e. The zero-order chi connectivity index (χ0) is 13.4. The second-order valence-corrected chi connectivity index (χ2v) is 4.78. The van der Waals surface area contributed by atoms with E-state index in [4.69, 9.17) is 4.42 Å². The SMILES string of the molecule is CCC(C)NC(=O)CNC(C)CCc1ccco1. The molecule has 0 radical (unpaired) electrons. The van der Waals surface area contributed by atoms with Crippen molar-refractivity contribution in [2.24, 2.45) is 0 Å². The van der Waals surface area contributed by atoms with Crippen LogP contribution in [0, 0.1) is 0 Å². The van der Waals surface area contributed by atoms with Gasteiger partial charge in [0.2, 0.25) is 5.91 Å². The summed E-state index contributed by atoms with van der Waals surface area (Å²) in [5.41, 5.74) is 0. The van der Waals surface area contributed by atoms with Gasteiger partial charge in [-0.05, 0) is 38.8 Å². The van der Waals surface area contributed by atoms with Crippen molar-refractivity contribution in [3.8, 4) is 0 Å². The first-order chi connectivity index (χ1) is 8.61. The first-order valence-electron chi connectivity index (χ1n) is 6.67. The number of carbonyl (C=O) groups excluding carboxylic acids is 1. The molecule has 4 nitrogen and oxygen atoms in total. The summed E-state index contributed by atoms with van der Waals surface area (Å²) in [7, 11) is 0. The Balaban J connectivity index is 2.12. The fourth-order valence-electron chi connectivity index (χ4n) is 1.61. The van der Waals surface area contributed by atoms with Crippen molar-refractivity contribution < 1.29 is 9.21 Å². The fraction of sp³-hybridized carbons (Fsp3) is 0.643. The van der Waals surface area contributed by atoms with Gasteiger partial charge in [0.15, 0.2) is 0 Å². The van der Waals surface area contributed by atoms with Crippen LogP contribution in [-0.2, 0) is 11.2 Å². The van der Waals surface area contributed by atoms with Crippen LogP contribution in [0.5, 0.6) is 0 Å². The van der Waals surface area contributed by atoms with Gasteiger partial charge in [0.25, 0.3) is 0 Å². The van der Waals surface area contributed by atoms with E-state index in [2.05, 4.69) is 24.5 Å². The summed E-state index contributed by atoms with van der Waals surface area (Å²) < 4.78 is 5.27. The van der Waals surface area contributed by atoms with Gasteiger partial charge in [0.05, 0.1) is 12.8 Å². The quantitative estimate of drug-likeness (QED) is 0.745. The lowest BCUT2D eigenvalue weighted by atomic mass is 10.1. The molecular weight excluding hydrogens is 228 g/mol. The first-order valence-corrected chi connectivity index (χ1v) is 6.67. The Morgan fingerprint density at radius 1 is 1.39 bits per heavy atom. The zero-order valence-electron chi connectivity index (χ0n) is 11.5. The molecule has 0 bridgehead atoms. The molecule has 2 unspecified atom stereocenters. The van der Waals surface area contributed by atoms with E-state index in [1.165, 1.54) is 0 Å². The average molecular weight is 252 g/mol. The Hall–Kier alpha value is -1.29. The largest absolute Gasteiger partial charge is 0.469 e. The number of furan rings is 1. The molecule has 1 aromatic rings. The summed E-state index contributed by atoms with van der Waals surface area (Å²) in [6.07, 6.45) is 4.51. The van der Waals surface area contributed by atoms with E-state index in [0.717, 1.165) is 25.0 Å². The van der Waals surface area contributed by atoms with E-state index in [9.17, 15) is 4.79 Å². The van der Waals surface area contributed by atoms with E-state index >= 15 is 0 Å².